The molecule has 2 aliphatic heterocycles. The Morgan fingerprint density at radius 2 is 1.50 bits per heavy atom. The summed E-state index contributed by atoms with van der Waals surface area (Å²) in [7, 11) is 0. The minimum absolute atomic E-state index is 0.373. The molecule has 0 aromatic carbocycles. The van der Waals surface area contributed by atoms with Gasteiger partial charge in [0.1, 0.15) is 0 Å². The first-order valence-electron chi connectivity index (χ1n) is 3.32. The quantitative estimate of drug-likeness (QED) is 0.516. The molecule has 0 N–H and O–H groups in total. The molecule has 57 valence electrons. The van der Waals surface area contributed by atoms with Gasteiger partial charge in [0, 0.05) is 0 Å². The molecular weight excluding hydrogens is 136 g/mol. The molecule has 0 amide bonds. The van der Waals surface area contributed by atoms with Crippen LogP contribution in [0.1, 0.15) is 0 Å². The van der Waals surface area contributed by atoms with Gasteiger partial charge in [-0.25, -0.2) is 0 Å². The molecule has 2 aliphatic rings. The molecule has 0 aromatic heterocycles. The number of rotatable bonds is 1. The smallest absolute Gasteiger partial charge is 0.282 e. The van der Waals surface area contributed by atoms with Crippen molar-refractivity contribution in [3.8, 4) is 0 Å². The van der Waals surface area contributed by atoms with Crippen LogP contribution in [0.4, 0.5) is 0 Å². The van der Waals surface area contributed by atoms with Crippen LogP contribution in [0.3, 0.4) is 0 Å². The Labute approximate surface area is 59.0 Å². The van der Waals surface area contributed by atoms with E-state index in [9.17, 15) is 0 Å². The maximum absolute atomic E-state index is 5.13. The van der Waals surface area contributed by atoms with E-state index >= 15 is 0 Å². The lowest BCUT2D eigenvalue weighted by molar-refractivity contribution is -0.130. The van der Waals surface area contributed by atoms with E-state index in [1.165, 1.54) is 0 Å². The minimum Gasteiger partial charge on any atom is -0.345 e. The first kappa shape index (κ1) is 6.54. The van der Waals surface area contributed by atoms with Crippen molar-refractivity contribution in [2.75, 3.05) is 26.4 Å². The zero-order valence-corrected chi connectivity index (χ0v) is 5.54. The molecule has 4 heteroatoms. The molecule has 0 atom stereocenters. The van der Waals surface area contributed by atoms with Gasteiger partial charge in [-0.2, -0.15) is 0 Å². The molecule has 2 fully saturated rings. The van der Waals surface area contributed by atoms with Gasteiger partial charge >= 0.3 is 0 Å². The molecule has 0 saturated carbocycles. The summed E-state index contributed by atoms with van der Waals surface area (Å²) in [6, 6.07) is 0. The summed E-state index contributed by atoms with van der Waals surface area (Å²) >= 11 is 0. The Kier molecular flexibility index (Phi) is 1.86. The molecule has 0 aromatic rings. The standard InChI is InChI=1S/C6H9O4/c1-2-8-5(7-1)6-9-3-4-10-6/h5H,1-4H2. The SMILES string of the molecule is C1CO[C](C2OCCO2)O1. The van der Waals surface area contributed by atoms with E-state index in [2.05, 4.69) is 0 Å². The molecular formula is C6H9O4. The highest BCUT2D eigenvalue weighted by molar-refractivity contribution is 4.77. The molecule has 0 bridgehead atoms. The van der Waals surface area contributed by atoms with Crippen molar-refractivity contribution in [1.29, 1.82) is 0 Å². The molecule has 2 rings (SSSR count). The van der Waals surface area contributed by atoms with E-state index in [0.717, 1.165) is 0 Å². The predicted molar refractivity (Wildman–Crippen MR) is 30.8 cm³/mol. The molecule has 10 heavy (non-hydrogen) atoms. The van der Waals surface area contributed by atoms with Crippen LogP contribution in [0.5, 0.6) is 0 Å². The molecule has 0 aliphatic carbocycles. The van der Waals surface area contributed by atoms with Crippen LogP contribution >= 0.6 is 0 Å². The van der Waals surface area contributed by atoms with E-state index in [1.807, 2.05) is 0 Å². The van der Waals surface area contributed by atoms with Crippen LogP contribution < -0.4 is 0 Å². The second-order valence-electron chi connectivity index (χ2n) is 2.09. The van der Waals surface area contributed by atoms with Gasteiger partial charge in [0.2, 0.25) is 6.29 Å². The average Bonchev–Trinajstić information content (AvgIpc) is 2.59. The van der Waals surface area contributed by atoms with Crippen LogP contribution in [0.2, 0.25) is 0 Å². The normalized spacial score (nSPS) is 30.0. The lowest BCUT2D eigenvalue weighted by Gasteiger charge is -2.12. The Morgan fingerprint density at radius 3 is 2.10 bits per heavy atom. The van der Waals surface area contributed by atoms with Crippen LogP contribution in [0, 0.1) is 6.29 Å². The van der Waals surface area contributed by atoms with E-state index in [4.69, 9.17) is 18.9 Å². The van der Waals surface area contributed by atoms with Crippen LogP contribution in [-0.4, -0.2) is 32.7 Å². The van der Waals surface area contributed by atoms with Gasteiger partial charge in [0.15, 0.2) is 0 Å². The third-order valence-electron chi connectivity index (χ3n) is 1.39. The van der Waals surface area contributed by atoms with Gasteiger partial charge < -0.3 is 18.9 Å². The minimum atomic E-state index is -0.373. The van der Waals surface area contributed by atoms with Crippen molar-refractivity contribution in [2.45, 2.75) is 6.29 Å². The van der Waals surface area contributed by atoms with Crippen molar-refractivity contribution >= 4 is 0 Å². The number of ether oxygens (including phenoxy) is 4. The van der Waals surface area contributed by atoms with Crippen molar-refractivity contribution in [2.24, 2.45) is 0 Å². The Balaban J connectivity index is 1.85. The van der Waals surface area contributed by atoms with Crippen molar-refractivity contribution in [3.63, 3.8) is 0 Å². The highest BCUT2D eigenvalue weighted by Crippen LogP contribution is 2.22. The maximum atomic E-state index is 5.13. The average molecular weight is 145 g/mol. The Bertz CT molecular complexity index is 90.3. The van der Waals surface area contributed by atoms with Gasteiger partial charge in [-0.15, -0.1) is 0 Å². The second-order valence-corrected chi connectivity index (χ2v) is 2.09. The fraction of sp³-hybridized carbons (Fsp3) is 0.833. The lowest BCUT2D eigenvalue weighted by Crippen LogP contribution is -2.19. The van der Waals surface area contributed by atoms with Crippen LogP contribution in [0.25, 0.3) is 0 Å². The third-order valence-corrected chi connectivity index (χ3v) is 1.39. The summed E-state index contributed by atoms with van der Waals surface area (Å²) in [5.41, 5.74) is 0. The fourth-order valence-electron chi connectivity index (χ4n) is 0.957. The summed E-state index contributed by atoms with van der Waals surface area (Å²) in [5, 5.41) is 0. The topological polar surface area (TPSA) is 36.9 Å². The molecule has 2 saturated heterocycles. The summed E-state index contributed by atoms with van der Waals surface area (Å²) in [5.74, 6) is 0. The van der Waals surface area contributed by atoms with E-state index in [1.54, 1.807) is 0 Å². The summed E-state index contributed by atoms with van der Waals surface area (Å²) in [6.07, 6.45) is 0.111. The Morgan fingerprint density at radius 1 is 0.900 bits per heavy atom. The zero-order valence-electron chi connectivity index (χ0n) is 5.54. The van der Waals surface area contributed by atoms with Gasteiger partial charge in [-0.05, 0) is 0 Å². The second kappa shape index (κ2) is 2.84. The van der Waals surface area contributed by atoms with E-state index in [0.29, 0.717) is 32.7 Å². The predicted octanol–water partition coefficient (Wildman–Crippen LogP) is -0.104. The number of hydrogen-bond donors (Lipinski definition) is 0. The van der Waals surface area contributed by atoms with Gasteiger partial charge in [-0.3, -0.25) is 0 Å². The maximum Gasteiger partial charge on any atom is 0.282 e. The third kappa shape index (κ3) is 1.15. The van der Waals surface area contributed by atoms with Gasteiger partial charge in [0.05, 0.1) is 26.4 Å². The monoisotopic (exact) mass is 145 g/mol. The summed E-state index contributed by atoms with van der Waals surface area (Å²) in [4.78, 5) is 0. The highest BCUT2D eigenvalue weighted by atomic mass is 16.8. The zero-order chi connectivity index (χ0) is 6.81. The highest BCUT2D eigenvalue weighted by Gasteiger charge is 2.33. The lowest BCUT2D eigenvalue weighted by atomic mass is 10.6. The van der Waals surface area contributed by atoms with Crippen molar-refractivity contribution in [1.82, 2.24) is 0 Å². The van der Waals surface area contributed by atoms with E-state index in [-0.39, 0.29) is 6.29 Å². The molecule has 1 radical (unpaired) electrons. The molecule has 4 nitrogen and oxygen atoms in total. The first-order valence-corrected chi connectivity index (χ1v) is 3.32. The Hall–Kier alpha value is -0.160. The molecule has 0 spiro atoms. The molecule has 0 unspecified atom stereocenters. The first-order chi connectivity index (χ1) is 4.97. The van der Waals surface area contributed by atoms with E-state index < -0.39 is 0 Å². The van der Waals surface area contributed by atoms with Gasteiger partial charge in [-0.1, -0.05) is 0 Å². The fourth-order valence-corrected chi connectivity index (χ4v) is 0.957. The summed E-state index contributed by atoms with van der Waals surface area (Å²) in [6.45, 7) is 2.47. The van der Waals surface area contributed by atoms with Crippen LogP contribution in [0.15, 0.2) is 0 Å². The van der Waals surface area contributed by atoms with Crippen LogP contribution in [-0.2, 0) is 18.9 Å². The number of hydrogen-bond acceptors (Lipinski definition) is 4. The largest absolute Gasteiger partial charge is 0.345 e. The van der Waals surface area contributed by atoms with Crippen molar-refractivity contribution in [3.05, 3.63) is 6.29 Å². The molecule has 2 heterocycles. The van der Waals surface area contributed by atoms with Gasteiger partial charge in [0.25, 0.3) is 6.29 Å². The summed E-state index contributed by atoms with van der Waals surface area (Å²) < 4.78 is 20.4. The van der Waals surface area contributed by atoms with Crippen molar-refractivity contribution < 1.29 is 18.9 Å².